The number of ether oxygens (including phenoxy) is 2. The molecule has 0 bridgehead atoms. The lowest BCUT2D eigenvalue weighted by Crippen LogP contribution is -2.42. The topological polar surface area (TPSA) is 166 Å². The molecule has 2 atom stereocenters. The third kappa shape index (κ3) is 8.79. The van der Waals surface area contributed by atoms with Crippen molar-refractivity contribution in [3.05, 3.63) is 65.4 Å². The van der Waals surface area contributed by atoms with Gasteiger partial charge in [0.05, 0.1) is 48.0 Å². The highest BCUT2D eigenvalue weighted by Gasteiger charge is 2.32. The number of fused-ring (bicyclic) bond motifs is 2. The number of aromatic nitrogens is 7. The first kappa shape index (κ1) is 41.6. The number of nitrogens with one attached hydrogen (secondary N) is 2. The van der Waals surface area contributed by atoms with Crippen molar-refractivity contribution in [1.82, 2.24) is 44.4 Å². The maximum Gasteiger partial charge on any atom is 0.284 e. The van der Waals surface area contributed by atoms with Gasteiger partial charge in [-0.15, -0.1) is 0 Å². The van der Waals surface area contributed by atoms with Gasteiger partial charge in [0.15, 0.2) is 11.3 Å². The van der Waals surface area contributed by atoms with E-state index in [9.17, 15) is 23.2 Å². The van der Waals surface area contributed by atoms with Gasteiger partial charge >= 0.3 is 0 Å². The minimum Gasteiger partial charge on any atom is -0.375 e. The molecule has 5 aromatic rings. The Hall–Kier alpha value is -5.77. The summed E-state index contributed by atoms with van der Waals surface area (Å²) in [6, 6.07) is 7.04. The number of likely N-dealkylation sites (tertiary alicyclic amines) is 1. The molecule has 4 fully saturated rings. The second kappa shape index (κ2) is 17.9. The highest BCUT2D eigenvalue weighted by atomic mass is 19.3. The monoisotopic (exact) mass is 851 g/mol. The van der Waals surface area contributed by atoms with Crippen molar-refractivity contribution in [2.45, 2.75) is 95.9 Å². The SMILES string of the molecule is Cc1nn([C@@H]2CCC(=O)NC2=O)c2cccc(C#CCOC3CCN(CC4CCC(n5cc(NC(=O)c6cnn7ccc(N8CCO[C@H](C)C8)nc67)c(C(F)F)n5)CC4)CC3)c12. The van der Waals surface area contributed by atoms with Crippen molar-refractivity contribution < 1.29 is 32.6 Å². The van der Waals surface area contributed by atoms with Crippen LogP contribution >= 0.6 is 0 Å². The minimum atomic E-state index is -2.86. The van der Waals surface area contributed by atoms with Crippen LogP contribution in [0.2, 0.25) is 0 Å². The zero-order chi connectivity index (χ0) is 42.9. The maximum atomic E-state index is 14.3. The molecule has 4 aromatic heterocycles. The van der Waals surface area contributed by atoms with Gasteiger partial charge in [-0.05, 0) is 82.9 Å². The molecule has 4 aliphatic rings. The summed E-state index contributed by atoms with van der Waals surface area (Å²) >= 11 is 0. The number of alkyl halides is 2. The summed E-state index contributed by atoms with van der Waals surface area (Å²) in [5, 5.41) is 19.2. The molecule has 0 unspecified atom stereocenters. The van der Waals surface area contributed by atoms with Crippen LogP contribution in [-0.4, -0.2) is 115 Å². The zero-order valence-electron chi connectivity index (χ0n) is 34.9. The number of piperidine rings is 2. The number of nitrogens with zero attached hydrogens (tertiary/aromatic N) is 9. The largest absolute Gasteiger partial charge is 0.375 e. The highest BCUT2D eigenvalue weighted by Crippen LogP contribution is 2.36. The first-order valence-corrected chi connectivity index (χ1v) is 21.6. The number of carbonyl (C=O) groups excluding carboxylic acids is 3. The van der Waals surface area contributed by atoms with Crippen LogP contribution in [0.1, 0.15) is 104 Å². The number of morpholine rings is 1. The van der Waals surface area contributed by atoms with E-state index in [2.05, 4.69) is 47.6 Å². The van der Waals surface area contributed by atoms with E-state index < -0.39 is 24.1 Å². The number of hydrogen-bond acceptors (Lipinski definition) is 11. The number of rotatable bonds is 10. The Balaban J connectivity index is 0.744. The number of imide groups is 1. The second-order valence-corrected chi connectivity index (χ2v) is 16.9. The van der Waals surface area contributed by atoms with E-state index in [1.54, 1.807) is 21.8 Å². The van der Waals surface area contributed by atoms with Crippen LogP contribution in [0.25, 0.3) is 16.6 Å². The summed E-state index contributed by atoms with van der Waals surface area (Å²) in [6.07, 6.45) is 8.07. The van der Waals surface area contributed by atoms with E-state index in [1.807, 2.05) is 38.1 Å². The number of benzene rings is 1. The van der Waals surface area contributed by atoms with Crippen LogP contribution in [0.5, 0.6) is 0 Å². The number of hydrogen-bond donors (Lipinski definition) is 2. The van der Waals surface area contributed by atoms with Crippen molar-refractivity contribution in [2.75, 3.05) is 56.2 Å². The number of anilines is 2. The molecule has 18 heteroatoms. The molecule has 0 radical (unpaired) electrons. The summed E-state index contributed by atoms with van der Waals surface area (Å²) in [6.45, 7) is 8.97. The van der Waals surface area contributed by atoms with Crippen molar-refractivity contribution in [3.8, 4) is 11.8 Å². The third-order valence-corrected chi connectivity index (χ3v) is 12.6. The molecule has 1 aromatic carbocycles. The zero-order valence-corrected chi connectivity index (χ0v) is 34.9. The van der Waals surface area contributed by atoms with Gasteiger partial charge < -0.3 is 24.6 Å². The van der Waals surface area contributed by atoms with Crippen LogP contribution in [0.15, 0.2) is 42.9 Å². The van der Waals surface area contributed by atoms with Crippen molar-refractivity contribution >= 4 is 45.8 Å². The van der Waals surface area contributed by atoms with Gasteiger partial charge in [0.25, 0.3) is 18.2 Å². The van der Waals surface area contributed by atoms with Gasteiger partial charge in [0.1, 0.15) is 24.0 Å². The van der Waals surface area contributed by atoms with E-state index >= 15 is 0 Å². The molecule has 326 valence electrons. The fourth-order valence-corrected chi connectivity index (χ4v) is 9.40. The number of amides is 3. The van der Waals surface area contributed by atoms with Gasteiger partial charge in [-0.25, -0.2) is 18.3 Å². The minimum absolute atomic E-state index is 0.00722. The summed E-state index contributed by atoms with van der Waals surface area (Å²) in [5.74, 6) is 6.47. The average molecular weight is 852 g/mol. The smallest absolute Gasteiger partial charge is 0.284 e. The lowest BCUT2D eigenvalue weighted by Gasteiger charge is -2.36. The predicted molar refractivity (Wildman–Crippen MR) is 225 cm³/mol. The molecule has 0 spiro atoms. The lowest BCUT2D eigenvalue weighted by molar-refractivity contribution is -0.135. The molecular weight excluding hydrogens is 801 g/mol. The van der Waals surface area contributed by atoms with E-state index in [0.29, 0.717) is 50.1 Å². The van der Waals surface area contributed by atoms with E-state index in [0.717, 1.165) is 80.3 Å². The molecule has 1 saturated carbocycles. The van der Waals surface area contributed by atoms with Crippen LogP contribution < -0.4 is 15.5 Å². The first-order chi connectivity index (χ1) is 30.1. The van der Waals surface area contributed by atoms with Crippen molar-refractivity contribution in [3.63, 3.8) is 0 Å². The van der Waals surface area contributed by atoms with Gasteiger partial charge in [-0.1, -0.05) is 17.9 Å². The summed E-state index contributed by atoms with van der Waals surface area (Å²) in [4.78, 5) is 47.0. The Morgan fingerprint density at radius 1 is 1.06 bits per heavy atom. The van der Waals surface area contributed by atoms with Crippen LogP contribution in [0.4, 0.5) is 20.3 Å². The highest BCUT2D eigenvalue weighted by molar-refractivity contribution is 6.08. The molecule has 2 N–H and O–H groups in total. The van der Waals surface area contributed by atoms with Gasteiger partial charge in [0.2, 0.25) is 5.91 Å². The van der Waals surface area contributed by atoms with E-state index in [-0.39, 0.29) is 47.7 Å². The molecule has 62 heavy (non-hydrogen) atoms. The molecule has 7 heterocycles. The Bertz CT molecular complexity index is 2530. The Morgan fingerprint density at radius 3 is 2.66 bits per heavy atom. The molecule has 16 nitrogen and oxygen atoms in total. The van der Waals surface area contributed by atoms with Crippen LogP contribution in [0.3, 0.4) is 0 Å². The summed E-state index contributed by atoms with van der Waals surface area (Å²) in [5.41, 5.74) is 2.49. The quantitative estimate of drug-likeness (QED) is 0.139. The molecular formula is C44H51F2N11O5. The van der Waals surface area contributed by atoms with Crippen molar-refractivity contribution in [2.24, 2.45) is 5.92 Å². The fourth-order valence-electron chi connectivity index (χ4n) is 9.40. The molecule has 9 rings (SSSR count). The Kier molecular flexibility index (Phi) is 12.0. The number of carbonyl (C=O) groups is 3. The summed E-state index contributed by atoms with van der Waals surface area (Å²) in [7, 11) is 0. The van der Waals surface area contributed by atoms with Gasteiger partial charge in [-0.3, -0.25) is 29.1 Å². The normalized spacial score (nSPS) is 22.9. The van der Waals surface area contributed by atoms with Crippen molar-refractivity contribution in [1.29, 1.82) is 0 Å². The first-order valence-electron chi connectivity index (χ1n) is 21.6. The predicted octanol–water partition coefficient (Wildman–Crippen LogP) is 5.24. The standard InChI is InChI=1S/C44H51F2N11O5/c1-27-24-54(20-22-61-27)37-16-19-55-42(49-37)33(23-47-55)43(59)48-34-26-56(52-40(34)41(45)46)31-10-8-29(9-11-31)25-53-17-14-32(15-18-53)62-21-4-6-30-5-3-7-35-39(30)28(2)51-57(35)36-12-13-38(58)50-44(36)60/h3,5,7,16,19,23,26-27,29,31-32,36,41H,8-15,17-18,20-22,24-25H2,1-2H3,(H,48,59)(H,50,58,60)/t27-,29?,31?,36-/m1/s1. The average Bonchev–Trinajstić information content (AvgIpc) is 3.99. The van der Waals surface area contributed by atoms with E-state index in [1.165, 1.54) is 10.7 Å². The lowest BCUT2D eigenvalue weighted by atomic mass is 9.85. The van der Waals surface area contributed by atoms with E-state index in [4.69, 9.17) is 14.5 Å². The Labute approximate surface area is 357 Å². The van der Waals surface area contributed by atoms with Crippen LogP contribution in [-0.2, 0) is 19.1 Å². The molecule has 1 aliphatic carbocycles. The molecule has 3 aliphatic heterocycles. The fraction of sp³-hybridized carbons (Fsp3) is 0.523. The second-order valence-electron chi connectivity index (χ2n) is 16.9. The Morgan fingerprint density at radius 2 is 1.89 bits per heavy atom. The van der Waals surface area contributed by atoms with Gasteiger partial charge in [-0.2, -0.15) is 15.3 Å². The molecule has 3 amide bonds. The van der Waals surface area contributed by atoms with Crippen LogP contribution in [0, 0.1) is 24.7 Å². The van der Waals surface area contributed by atoms with Gasteiger partial charge in [0, 0.05) is 62.5 Å². The third-order valence-electron chi connectivity index (χ3n) is 12.6. The number of aryl methyl sites for hydroxylation is 1. The maximum absolute atomic E-state index is 14.3. The molecule has 3 saturated heterocycles. The number of halogens is 2. The summed E-state index contributed by atoms with van der Waals surface area (Å²) < 4.78 is 45.2.